The van der Waals surface area contributed by atoms with Crippen LogP contribution in [0.3, 0.4) is 0 Å². The lowest BCUT2D eigenvalue weighted by atomic mass is 10.1. The molecule has 1 aliphatic heterocycles. The second-order valence-electron chi connectivity index (χ2n) is 8.17. The van der Waals surface area contributed by atoms with E-state index in [0.29, 0.717) is 48.1 Å². The zero-order chi connectivity index (χ0) is 22.7. The first kappa shape index (κ1) is 21.5. The molecule has 0 aliphatic carbocycles. The van der Waals surface area contributed by atoms with E-state index in [1.54, 1.807) is 18.2 Å². The van der Waals surface area contributed by atoms with Gasteiger partial charge in [0, 0.05) is 24.2 Å². The molecule has 1 N–H and O–H groups in total. The zero-order valence-corrected chi connectivity index (χ0v) is 18.0. The van der Waals surface area contributed by atoms with E-state index >= 15 is 0 Å². The molecular weight excluding hydrogens is 408 g/mol. The third kappa shape index (κ3) is 4.79. The molecule has 1 aromatic heterocycles. The molecule has 0 saturated carbocycles. The Morgan fingerprint density at radius 2 is 2.03 bits per heavy atom. The van der Waals surface area contributed by atoms with Crippen molar-refractivity contribution in [2.75, 3.05) is 13.1 Å². The Labute approximate surface area is 186 Å². The normalized spacial score (nSPS) is 16.2. The Kier molecular flexibility index (Phi) is 6.19. The van der Waals surface area contributed by atoms with E-state index in [1.807, 2.05) is 38.1 Å². The van der Waals surface area contributed by atoms with Crippen LogP contribution in [0.4, 0.5) is 0 Å². The Bertz CT molecular complexity index is 1150. The highest BCUT2D eigenvalue weighted by Gasteiger charge is 2.27. The van der Waals surface area contributed by atoms with Crippen molar-refractivity contribution in [3.8, 4) is 34.7 Å². The maximum Gasteiger partial charge on any atom is 0.307 e. The van der Waals surface area contributed by atoms with Crippen molar-refractivity contribution >= 4 is 5.97 Å². The van der Waals surface area contributed by atoms with E-state index < -0.39 is 5.97 Å². The van der Waals surface area contributed by atoms with E-state index in [0.717, 1.165) is 17.7 Å². The quantitative estimate of drug-likeness (QED) is 0.597. The van der Waals surface area contributed by atoms with Crippen molar-refractivity contribution in [1.29, 1.82) is 5.26 Å². The third-order valence-electron chi connectivity index (χ3n) is 5.38. The van der Waals surface area contributed by atoms with Crippen molar-refractivity contribution < 1.29 is 19.2 Å². The highest BCUT2D eigenvalue weighted by atomic mass is 16.5. The monoisotopic (exact) mass is 432 g/mol. The average molecular weight is 432 g/mol. The first-order valence-corrected chi connectivity index (χ1v) is 10.5. The summed E-state index contributed by atoms with van der Waals surface area (Å²) < 4.78 is 11.1. The Balaban J connectivity index is 1.46. The summed E-state index contributed by atoms with van der Waals surface area (Å²) in [5, 5.41) is 22.7. The van der Waals surface area contributed by atoms with Gasteiger partial charge in [0.1, 0.15) is 11.8 Å². The summed E-state index contributed by atoms with van der Waals surface area (Å²) in [4.78, 5) is 17.8. The van der Waals surface area contributed by atoms with Gasteiger partial charge in [-0.15, -0.1) is 0 Å². The van der Waals surface area contributed by atoms with Crippen LogP contribution in [0.5, 0.6) is 5.75 Å². The van der Waals surface area contributed by atoms with Crippen LogP contribution >= 0.6 is 0 Å². The molecule has 1 saturated heterocycles. The van der Waals surface area contributed by atoms with E-state index in [4.69, 9.17) is 14.4 Å². The number of carboxylic acids is 1. The molecule has 1 unspecified atom stereocenters. The summed E-state index contributed by atoms with van der Waals surface area (Å²) in [5.41, 5.74) is 2.97. The van der Waals surface area contributed by atoms with Crippen LogP contribution in [0.25, 0.3) is 22.8 Å². The number of aromatic nitrogens is 2. The lowest BCUT2D eigenvalue weighted by Gasteiger charge is -2.15. The highest BCUT2D eigenvalue weighted by molar-refractivity contribution is 5.70. The summed E-state index contributed by atoms with van der Waals surface area (Å²) in [7, 11) is 0. The van der Waals surface area contributed by atoms with Crippen LogP contribution in [-0.4, -0.2) is 45.3 Å². The van der Waals surface area contributed by atoms with Gasteiger partial charge in [-0.05, 0) is 50.6 Å². The lowest BCUT2D eigenvalue weighted by Crippen LogP contribution is -2.22. The topological polar surface area (TPSA) is 112 Å². The lowest BCUT2D eigenvalue weighted by molar-refractivity contribution is -0.141. The van der Waals surface area contributed by atoms with Crippen molar-refractivity contribution in [3.63, 3.8) is 0 Å². The molecule has 2 heterocycles. The molecule has 1 aliphatic rings. The number of benzene rings is 2. The van der Waals surface area contributed by atoms with Gasteiger partial charge in [-0.25, -0.2) is 0 Å². The number of hydrogen-bond acceptors (Lipinski definition) is 7. The number of nitriles is 1. The molecule has 8 heteroatoms. The van der Waals surface area contributed by atoms with Crippen LogP contribution in [0.1, 0.15) is 31.4 Å². The molecule has 1 atom stereocenters. The molecular formula is C24H24N4O4. The molecule has 164 valence electrons. The Morgan fingerprint density at radius 1 is 1.28 bits per heavy atom. The molecule has 4 rings (SSSR count). The Morgan fingerprint density at radius 3 is 2.69 bits per heavy atom. The van der Waals surface area contributed by atoms with Gasteiger partial charge in [0.15, 0.2) is 0 Å². The van der Waals surface area contributed by atoms with E-state index in [1.165, 1.54) is 0 Å². The first-order valence-electron chi connectivity index (χ1n) is 10.5. The number of carbonyl (C=O) groups is 1. The second kappa shape index (κ2) is 9.20. The predicted molar refractivity (Wildman–Crippen MR) is 117 cm³/mol. The molecule has 32 heavy (non-hydrogen) atoms. The largest absolute Gasteiger partial charge is 0.490 e. The van der Waals surface area contributed by atoms with Gasteiger partial charge in [0.2, 0.25) is 5.82 Å². The van der Waals surface area contributed by atoms with Crippen LogP contribution in [0.2, 0.25) is 0 Å². The summed E-state index contributed by atoms with van der Waals surface area (Å²) in [6, 6.07) is 15.2. The van der Waals surface area contributed by atoms with Crippen molar-refractivity contribution in [2.45, 2.75) is 32.9 Å². The molecule has 8 nitrogen and oxygen atoms in total. The van der Waals surface area contributed by atoms with Crippen molar-refractivity contribution in [1.82, 2.24) is 15.0 Å². The van der Waals surface area contributed by atoms with Gasteiger partial charge in [-0.3, -0.25) is 9.69 Å². The summed E-state index contributed by atoms with van der Waals surface area (Å²) in [5.74, 6) is 0.307. The molecule has 0 radical (unpaired) electrons. The molecule has 2 aromatic carbocycles. The predicted octanol–water partition coefficient (Wildman–Crippen LogP) is 3.97. The van der Waals surface area contributed by atoms with Crippen LogP contribution < -0.4 is 4.74 Å². The first-order chi connectivity index (χ1) is 15.4. The van der Waals surface area contributed by atoms with E-state index in [9.17, 15) is 10.1 Å². The van der Waals surface area contributed by atoms with Crippen molar-refractivity contribution in [2.24, 2.45) is 5.92 Å². The second-order valence-corrected chi connectivity index (χ2v) is 8.17. The molecule has 0 spiro atoms. The molecule has 1 fully saturated rings. The van der Waals surface area contributed by atoms with Crippen LogP contribution in [0, 0.1) is 17.2 Å². The fraction of sp³-hybridized carbons (Fsp3) is 0.333. The molecule has 0 bridgehead atoms. The van der Waals surface area contributed by atoms with Gasteiger partial charge in [-0.1, -0.05) is 29.4 Å². The van der Waals surface area contributed by atoms with Gasteiger partial charge >= 0.3 is 5.97 Å². The third-order valence-corrected chi connectivity index (χ3v) is 5.38. The fourth-order valence-electron chi connectivity index (χ4n) is 3.76. The highest BCUT2D eigenvalue weighted by Crippen LogP contribution is 2.28. The number of carboxylic acid groups (broad SMARTS) is 1. The number of rotatable bonds is 7. The maximum atomic E-state index is 11.1. The minimum Gasteiger partial charge on any atom is -0.490 e. The summed E-state index contributed by atoms with van der Waals surface area (Å²) >= 11 is 0. The van der Waals surface area contributed by atoms with Crippen LogP contribution in [0.15, 0.2) is 47.0 Å². The number of nitrogens with zero attached hydrogens (tertiary/aromatic N) is 4. The fourth-order valence-corrected chi connectivity index (χ4v) is 3.76. The van der Waals surface area contributed by atoms with Crippen molar-refractivity contribution in [3.05, 3.63) is 53.6 Å². The SMILES string of the molecule is CC(C)Oc1ccc(-c2nc(-c3ccc(CN4CCC(C(=O)O)C4)cc3)no2)cc1C#N. The average Bonchev–Trinajstić information content (AvgIpc) is 3.44. The van der Waals surface area contributed by atoms with Crippen LogP contribution in [-0.2, 0) is 11.3 Å². The van der Waals surface area contributed by atoms with Gasteiger partial charge < -0.3 is 14.4 Å². The number of hydrogen-bond donors (Lipinski definition) is 1. The van der Waals surface area contributed by atoms with E-state index in [-0.39, 0.29) is 12.0 Å². The maximum absolute atomic E-state index is 11.1. The van der Waals surface area contributed by atoms with Gasteiger partial charge in [-0.2, -0.15) is 10.2 Å². The smallest absolute Gasteiger partial charge is 0.307 e. The van der Waals surface area contributed by atoms with Gasteiger partial charge in [0.25, 0.3) is 5.89 Å². The standard InChI is InChI=1S/C24H24N4O4/c1-15(2)31-21-8-7-18(11-20(21)12-25)23-26-22(27-32-23)17-5-3-16(4-6-17)13-28-10-9-19(14-28)24(29)30/h3-8,11,15,19H,9-10,13-14H2,1-2H3,(H,29,30). The molecule has 3 aromatic rings. The molecule has 0 amide bonds. The summed E-state index contributed by atoms with van der Waals surface area (Å²) in [6.45, 7) is 5.89. The summed E-state index contributed by atoms with van der Waals surface area (Å²) in [6.07, 6.45) is 0.659. The number of ether oxygens (including phenoxy) is 1. The minimum absolute atomic E-state index is 0.0324. The number of aliphatic carboxylic acids is 1. The zero-order valence-electron chi connectivity index (χ0n) is 18.0. The van der Waals surface area contributed by atoms with Gasteiger partial charge in [0.05, 0.1) is 17.6 Å². The number of likely N-dealkylation sites (tertiary alicyclic amines) is 1. The van der Waals surface area contributed by atoms with E-state index in [2.05, 4.69) is 21.1 Å². The Hall–Kier alpha value is -3.70. The minimum atomic E-state index is -0.722.